The van der Waals surface area contributed by atoms with Crippen molar-refractivity contribution in [3.8, 4) is 5.75 Å². The van der Waals surface area contributed by atoms with E-state index >= 15 is 0 Å². The Kier molecular flexibility index (Phi) is 4.82. The first-order valence-corrected chi connectivity index (χ1v) is 9.26. The Morgan fingerprint density at radius 2 is 1.48 bits per heavy atom. The fraction of sp³-hybridized carbons (Fsp3) is 0.0435. The molecule has 0 radical (unpaired) electrons. The maximum absolute atomic E-state index is 12.9. The molecule has 1 saturated heterocycles. The number of aliphatic hydroxyl groups excluding tert-OH is 1. The topological polar surface area (TPSA) is 77.8 Å². The molecule has 0 aliphatic carbocycles. The number of aromatic hydroxyl groups is 1. The maximum Gasteiger partial charge on any atom is 0.300 e. The van der Waals surface area contributed by atoms with Gasteiger partial charge in [0.15, 0.2) is 0 Å². The Balaban J connectivity index is 1.94. The lowest BCUT2D eigenvalue weighted by Gasteiger charge is -2.25. The van der Waals surface area contributed by atoms with Gasteiger partial charge in [-0.2, -0.15) is 0 Å². The standard InChI is InChI=1S/C23H16ClNO4/c24-16-8-6-14(7-9-16)20-19(21(27)15-4-2-1-3-5-15)22(28)23(29)25(20)17-10-12-18(26)13-11-17/h1-13,20,26-27H/t20-/m0/s1. The fourth-order valence-electron chi connectivity index (χ4n) is 3.42. The van der Waals surface area contributed by atoms with Gasteiger partial charge in [-0.3, -0.25) is 14.5 Å². The van der Waals surface area contributed by atoms with E-state index < -0.39 is 17.7 Å². The molecule has 0 bridgehead atoms. The summed E-state index contributed by atoms with van der Waals surface area (Å²) in [6, 6.07) is 20.5. The molecule has 4 rings (SSSR count). The van der Waals surface area contributed by atoms with Crippen molar-refractivity contribution in [2.75, 3.05) is 4.90 Å². The zero-order valence-electron chi connectivity index (χ0n) is 15.1. The van der Waals surface area contributed by atoms with Gasteiger partial charge in [0, 0.05) is 16.3 Å². The summed E-state index contributed by atoms with van der Waals surface area (Å²) in [5.74, 6) is -1.74. The number of hydrogen-bond donors (Lipinski definition) is 2. The van der Waals surface area contributed by atoms with Crippen molar-refractivity contribution in [2.45, 2.75) is 6.04 Å². The Hall–Kier alpha value is -3.57. The zero-order chi connectivity index (χ0) is 20.5. The Morgan fingerprint density at radius 1 is 0.862 bits per heavy atom. The summed E-state index contributed by atoms with van der Waals surface area (Å²) in [6.45, 7) is 0. The molecule has 3 aromatic carbocycles. The Labute approximate surface area is 172 Å². The zero-order valence-corrected chi connectivity index (χ0v) is 15.9. The molecule has 6 heteroatoms. The summed E-state index contributed by atoms with van der Waals surface area (Å²) in [6.07, 6.45) is 0. The average molecular weight is 406 g/mol. The van der Waals surface area contributed by atoms with Crippen LogP contribution in [0.5, 0.6) is 5.75 Å². The Morgan fingerprint density at radius 3 is 2.10 bits per heavy atom. The molecule has 0 saturated carbocycles. The van der Waals surface area contributed by atoms with Crippen LogP contribution in [0.2, 0.25) is 5.02 Å². The van der Waals surface area contributed by atoms with E-state index in [-0.39, 0.29) is 17.1 Å². The highest BCUT2D eigenvalue weighted by molar-refractivity contribution is 6.51. The van der Waals surface area contributed by atoms with E-state index in [1.165, 1.54) is 17.0 Å². The SMILES string of the molecule is O=C1C(=O)N(c2ccc(O)cc2)[C@@H](c2ccc(Cl)cc2)C1=C(O)c1ccccc1. The summed E-state index contributed by atoms with van der Waals surface area (Å²) in [4.78, 5) is 27.2. The molecule has 5 nitrogen and oxygen atoms in total. The second-order valence-electron chi connectivity index (χ2n) is 6.60. The molecule has 0 spiro atoms. The van der Waals surface area contributed by atoms with Crippen molar-refractivity contribution in [3.63, 3.8) is 0 Å². The van der Waals surface area contributed by atoms with Crippen LogP contribution in [0, 0.1) is 0 Å². The monoisotopic (exact) mass is 405 g/mol. The van der Waals surface area contributed by atoms with Crippen LogP contribution in [-0.4, -0.2) is 21.9 Å². The number of phenols is 1. The first-order chi connectivity index (χ1) is 14.0. The highest BCUT2D eigenvalue weighted by atomic mass is 35.5. The Bertz CT molecular complexity index is 1110. The number of anilines is 1. The number of phenolic OH excluding ortho intramolecular Hbond substituents is 1. The molecular formula is C23H16ClNO4. The predicted octanol–water partition coefficient (Wildman–Crippen LogP) is 4.67. The van der Waals surface area contributed by atoms with E-state index in [1.807, 2.05) is 0 Å². The van der Waals surface area contributed by atoms with Gasteiger partial charge in [0.2, 0.25) is 0 Å². The number of carbonyl (C=O) groups excluding carboxylic acids is 2. The largest absolute Gasteiger partial charge is 0.508 e. The molecule has 1 fully saturated rings. The lowest BCUT2D eigenvalue weighted by molar-refractivity contribution is -0.132. The molecule has 0 unspecified atom stereocenters. The third-order valence-corrected chi connectivity index (χ3v) is 5.06. The molecule has 1 atom stereocenters. The van der Waals surface area contributed by atoms with Gasteiger partial charge >= 0.3 is 0 Å². The van der Waals surface area contributed by atoms with Gasteiger partial charge in [0.25, 0.3) is 11.7 Å². The molecule has 144 valence electrons. The smallest absolute Gasteiger partial charge is 0.300 e. The first-order valence-electron chi connectivity index (χ1n) is 8.88. The predicted molar refractivity (Wildman–Crippen MR) is 111 cm³/mol. The molecule has 1 aliphatic rings. The van der Waals surface area contributed by atoms with Crippen molar-refractivity contribution in [1.82, 2.24) is 0 Å². The van der Waals surface area contributed by atoms with Crippen molar-refractivity contribution in [2.24, 2.45) is 0 Å². The third kappa shape index (κ3) is 3.37. The van der Waals surface area contributed by atoms with Crippen LogP contribution in [0.3, 0.4) is 0 Å². The summed E-state index contributed by atoms with van der Waals surface area (Å²) < 4.78 is 0. The summed E-state index contributed by atoms with van der Waals surface area (Å²) >= 11 is 6.00. The number of aliphatic hydroxyl groups is 1. The molecular weight excluding hydrogens is 390 g/mol. The van der Waals surface area contributed by atoms with E-state index in [2.05, 4.69) is 0 Å². The van der Waals surface area contributed by atoms with E-state index in [1.54, 1.807) is 66.7 Å². The highest BCUT2D eigenvalue weighted by Crippen LogP contribution is 2.42. The summed E-state index contributed by atoms with van der Waals surface area (Å²) in [7, 11) is 0. The van der Waals surface area contributed by atoms with Gasteiger partial charge in [0.1, 0.15) is 11.5 Å². The van der Waals surface area contributed by atoms with E-state index in [0.717, 1.165) is 0 Å². The lowest BCUT2D eigenvalue weighted by Crippen LogP contribution is -2.29. The van der Waals surface area contributed by atoms with Crippen molar-refractivity contribution in [1.29, 1.82) is 0 Å². The maximum atomic E-state index is 12.9. The molecule has 0 aromatic heterocycles. The van der Waals surface area contributed by atoms with Gasteiger partial charge in [-0.1, -0.05) is 54.1 Å². The van der Waals surface area contributed by atoms with E-state index in [9.17, 15) is 19.8 Å². The number of amides is 1. The van der Waals surface area contributed by atoms with Gasteiger partial charge < -0.3 is 10.2 Å². The normalized spacial score (nSPS) is 18.2. The van der Waals surface area contributed by atoms with Crippen LogP contribution in [0.1, 0.15) is 17.2 Å². The number of rotatable bonds is 3. The number of hydrogen-bond acceptors (Lipinski definition) is 4. The van der Waals surface area contributed by atoms with Crippen LogP contribution >= 0.6 is 11.6 Å². The minimum atomic E-state index is -0.836. The minimum Gasteiger partial charge on any atom is -0.508 e. The van der Waals surface area contributed by atoms with Crippen molar-refractivity contribution >= 4 is 34.7 Å². The number of Topliss-reactive ketones (excluding diaryl/α,β-unsaturated/α-hetero) is 1. The number of ketones is 1. The molecule has 29 heavy (non-hydrogen) atoms. The van der Waals surface area contributed by atoms with E-state index in [0.29, 0.717) is 21.8 Å². The van der Waals surface area contributed by atoms with Crippen LogP contribution < -0.4 is 4.90 Å². The van der Waals surface area contributed by atoms with Crippen molar-refractivity contribution in [3.05, 3.63) is 101 Å². The average Bonchev–Trinajstić information content (AvgIpc) is 3.00. The fourth-order valence-corrected chi connectivity index (χ4v) is 3.55. The summed E-state index contributed by atoms with van der Waals surface area (Å²) in [5.41, 5.74) is 1.49. The summed E-state index contributed by atoms with van der Waals surface area (Å²) in [5, 5.41) is 21.0. The van der Waals surface area contributed by atoms with Gasteiger partial charge in [0.05, 0.1) is 11.6 Å². The van der Waals surface area contributed by atoms with Gasteiger partial charge in [-0.25, -0.2) is 0 Å². The highest BCUT2D eigenvalue weighted by Gasteiger charge is 2.46. The molecule has 3 aromatic rings. The van der Waals surface area contributed by atoms with E-state index in [4.69, 9.17) is 11.6 Å². The molecule has 1 heterocycles. The molecule has 2 N–H and O–H groups in total. The second-order valence-corrected chi connectivity index (χ2v) is 7.04. The third-order valence-electron chi connectivity index (χ3n) is 4.81. The quantitative estimate of drug-likeness (QED) is 0.377. The van der Waals surface area contributed by atoms with Crippen LogP contribution in [0.15, 0.2) is 84.4 Å². The van der Waals surface area contributed by atoms with Crippen LogP contribution in [-0.2, 0) is 9.59 Å². The molecule has 1 amide bonds. The first kappa shape index (κ1) is 18.8. The number of nitrogens with zero attached hydrogens (tertiary/aromatic N) is 1. The van der Waals surface area contributed by atoms with Crippen molar-refractivity contribution < 1.29 is 19.8 Å². The lowest BCUT2D eigenvalue weighted by atomic mass is 9.95. The van der Waals surface area contributed by atoms with Crippen LogP contribution in [0.25, 0.3) is 5.76 Å². The number of benzene rings is 3. The van der Waals surface area contributed by atoms with Gasteiger partial charge in [-0.05, 0) is 42.0 Å². The number of carbonyl (C=O) groups is 2. The minimum absolute atomic E-state index is 0.00315. The second kappa shape index (κ2) is 7.45. The van der Waals surface area contributed by atoms with Crippen LogP contribution in [0.4, 0.5) is 5.69 Å². The van der Waals surface area contributed by atoms with Gasteiger partial charge in [-0.15, -0.1) is 0 Å². The number of halogens is 1. The molecule has 1 aliphatic heterocycles.